The van der Waals surface area contributed by atoms with Gasteiger partial charge >= 0.3 is 0 Å². The van der Waals surface area contributed by atoms with Crippen LogP contribution in [0.2, 0.25) is 0 Å². The summed E-state index contributed by atoms with van der Waals surface area (Å²) >= 11 is 0. The molecule has 3 aliphatic rings. The number of hydrogen-bond acceptors (Lipinski definition) is 2. The van der Waals surface area contributed by atoms with Gasteiger partial charge in [-0.25, -0.2) is 8.78 Å². The zero-order valence-electron chi connectivity index (χ0n) is 21.6. The highest BCUT2D eigenvalue weighted by Gasteiger charge is 2.46. The molecule has 1 spiro atoms. The number of aliphatic hydroxyl groups excluding tert-OH is 1. The van der Waals surface area contributed by atoms with Crippen molar-refractivity contribution in [3.63, 3.8) is 0 Å². The maximum atomic E-state index is 17.1. The number of aromatic nitrogens is 1. The largest absolute Gasteiger partial charge is 0.388 e. The van der Waals surface area contributed by atoms with Crippen LogP contribution >= 0.6 is 0 Å². The van der Waals surface area contributed by atoms with Crippen LogP contribution in [0.25, 0.3) is 21.9 Å². The fraction of sp³-hybridized carbons (Fsp3) is 0.382. The Morgan fingerprint density at radius 2 is 1.63 bits per heavy atom. The van der Waals surface area contributed by atoms with Gasteiger partial charge in [0, 0.05) is 22.7 Å². The van der Waals surface area contributed by atoms with Crippen molar-refractivity contribution in [2.75, 3.05) is 0 Å². The summed E-state index contributed by atoms with van der Waals surface area (Å²) in [5, 5.41) is 13.7. The van der Waals surface area contributed by atoms with Crippen molar-refractivity contribution in [3.05, 3.63) is 101 Å². The van der Waals surface area contributed by atoms with Gasteiger partial charge in [0.05, 0.1) is 11.8 Å². The van der Waals surface area contributed by atoms with E-state index in [9.17, 15) is 9.50 Å². The van der Waals surface area contributed by atoms with E-state index in [-0.39, 0.29) is 17.2 Å². The average molecular weight is 510 g/mol. The summed E-state index contributed by atoms with van der Waals surface area (Å²) in [6.45, 7) is 0. The highest BCUT2D eigenvalue weighted by Crippen LogP contribution is 2.56. The Balaban J connectivity index is 1.49. The Hall–Kier alpha value is -3.11. The van der Waals surface area contributed by atoms with Crippen molar-refractivity contribution < 1.29 is 13.9 Å². The maximum absolute atomic E-state index is 17.1. The monoisotopic (exact) mass is 509 g/mol. The number of rotatable bonds is 4. The van der Waals surface area contributed by atoms with Gasteiger partial charge in [0.1, 0.15) is 5.82 Å². The minimum Gasteiger partial charge on any atom is -0.388 e. The summed E-state index contributed by atoms with van der Waals surface area (Å²) in [7, 11) is 0. The SMILES string of the molecule is OC1CC2(CCC2)Cc2nc(C3CCCC3)c(C(F)c3ccc4ccccc4c3)c(-c3ccc(F)cc3)c21. The van der Waals surface area contributed by atoms with E-state index in [1.165, 1.54) is 18.6 Å². The quantitative estimate of drug-likeness (QED) is 0.298. The number of fused-ring (bicyclic) bond motifs is 2. The fourth-order valence-corrected chi connectivity index (χ4v) is 7.40. The highest BCUT2D eigenvalue weighted by atomic mass is 19.1. The van der Waals surface area contributed by atoms with E-state index < -0.39 is 12.3 Å². The van der Waals surface area contributed by atoms with E-state index in [4.69, 9.17) is 4.98 Å². The van der Waals surface area contributed by atoms with Crippen molar-refractivity contribution in [2.24, 2.45) is 5.41 Å². The molecule has 7 rings (SSSR count). The molecular formula is C34H33F2NO. The fourth-order valence-electron chi connectivity index (χ4n) is 7.40. The van der Waals surface area contributed by atoms with Crippen LogP contribution in [0.4, 0.5) is 8.78 Å². The van der Waals surface area contributed by atoms with Crippen LogP contribution in [0.1, 0.15) is 97.6 Å². The number of hydrogen-bond donors (Lipinski definition) is 1. The Labute approximate surface area is 222 Å². The summed E-state index contributed by atoms with van der Waals surface area (Å²) in [4.78, 5) is 5.26. The molecule has 2 nitrogen and oxygen atoms in total. The second-order valence-electron chi connectivity index (χ2n) is 11.9. The molecule has 38 heavy (non-hydrogen) atoms. The van der Waals surface area contributed by atoms with Crippen LogP contribution in [-0.2, 0) is 6.42 Å². The molecule has 2 saturated carbocycles. The summed E-state index contributed by atoms with van der Waals surface area (Å²) in [5.74, 6) is -0.126. The second-order valence-corrected chi connectivity index (χ2v) is 11.9. The highest BCUT2D eigenvalue weighted by molar-refractivity contribution is 5.83. The van der Waals surface area contributed by atoms with Crippen LogP contribution in [0, 0.1) is 11.2 Å². The van der Waals surface area contributed by atoms with Gasteiger partial charge in [-0.05, 0) is 89.6 Å². The molecule has 0 aliphatic heterocycles. The molecule has 4 aromatic rings. The molecule has 0 saturated heterocycles. The minimum absolute atomic E-state index is 0.113. The van der Waals surface area contributed by atoms with E-state index in [0.29, 0.717) is 17.5 Å². The third-order valence-corrected chi connectivity index (χ3v) is 9.49. The van der Waals surface area contributed by atoms with Gasteiger partial charge in [-0.1, -0.05) is 67.8 Å². The van der Waals surface area contributed by atoms with Gasteiger partial charge in [0.2, 0.25) is 0 Å². The number of aliphatic hydroxyl groups is 1. The lowest BCUT2D eigenvalue weighted by Gasteiger charge is -2.47. The first-order valence-electron chi connectivity index (χ1n) is 14.1. The van der Waals surface area contributed by atoms with E-state index >= 15 is 4.39 Å². The van der Waals surface area contributed by atoms with Gasteiger partial charge in [-0.2, -0.15) is 0 Å². The standard InChI is InChI=1S/C34H33F2NO/c35-26-14-12-22(13-15-26)29-30-27(19-34(16-5-17-34)20-28(30)38)37-33(23-7-2-3-8-23)31(29)32(36)25-11-10-21-6-1-4-9-24(21)18-25/h1,4,6,9-15,18,23,28,32,38H,2-3,5,7-8,16-17,19-20H2. The summed E-state index contributed by atoms with van der Waals surface area (Å²) in [6, 6.07) is 20.1. The molecule has 3 aromatic carbocycles. The lowest BCUT2D eigenvalue weighted by molar-refractivity contribution is 0.0246. The summed E-state index contributed by atoms with van der Waals surface area (Å²) in [5.41, 5.74) is 5.31. The summed E-state index contributed by atoms with van der Waals surface area (Å²) < 4.78 is 31.1. The molecule has 0 amide bonds. The Bertz CT molecular complexity index is 1500. The van der Waals surface area contributed by atoms with E-state index in [1.807, 2.05) is 42.5 Å². The summed E-state index contributed by atoms with van der Waals surface area (Å²) in [6.07, 6.45) is 7.07. The second kappa shape index (κ2) is 9.27. The Morgan fingerprint density at radius 3 is 2.34 bits per heavy atom. The number of halogens is 2. The van der Waals surface area contributed by atoms with Crippen molar-refractivity contribution >= 4 is 10.8 Å². The molecule has 2 atom stereocenters. The number of alkyl halides is 1. The first-order valence-corrected chi connectivity index (χ1v) is 14.1. The maximum Gasteiger partial charge on any atom is 0.153 e. The molecule has 1 heterocycles. The van der Waals surface area contributed by atoms with E-state index in [1.54, 1.807) is 12.1 Å². The molecule has 194 valence electrons. The molecule has 4 heteroatoms. The van der Waals surface area contributed by atoms with Crippen LogP contribution < -0.4 is 0 Å². The van der Waals surface area contributed by atoms with Crippen LogP contribution in [0.15, 0.2) is 66.7 Å². The molecule has 3 aliphatic carbocycles. The number of nitrogens with zero attached hydrogens (tertiary/aromatic N) is 1. The molecule has 0 bridgehead atoms. The third kappa shape index (κ3) is 3.96. The van der Waals surface area contributed by atoms with E-state index in [2.05, 4.69) is 0 Å². The first-order chi connectivity index (χ1) is 18.5. The molecular weight excluding hydrogens is 476 g/mol. The van der Waals surface area contributed by atoms with Crippen molar-refractivity contribution in [2.45, 2.75) is 76.0 Å². The van der Waals surface area contributed by atoms with Gasteiger partial charge in [-0.3, -0.25) is 4.98 Å². The van der Waals surface area contributed by atoms with Crippen LogP contribution in [0.3, 0.4) is 0 Å². The van der Waals surface area contributed by atoms with Gasteiger partial charge < -0.3 is 5.11 Å². The van der Waals surface area contributed by atoms with Crippen molar-refractivity contribution in [3.8, 4) is 11.1 Å². The third-order valence-electron chi connectivity index (χ3n) is 9.49. The Kier molecular flexibility index (Phi) is 5.85. The molecule has 1 N–H and O–H groups in total. The predicted molar refractivity (Wildman–Crippen MR) is 147 cm³/mol. The number of pyridine rings is 1. The molecule has 2 fully saturated rings. The van der Waals surface area contributed by atoms with Crippen LogP contribution in [-0.4, -0.2) is 10.1 Å². The van der Waals surface area contributed by atoms with Crippen molar-refractivity contribution in [1.29, 1.82) is 0 Å². The molecule has 0 radical (unpaired) electrons. The number of benzene rings is 3. The molecule has 2 unspecified atom stereocenters. The Morgan fingerprint density at radius 1 is 0.895 bits per heavy atom. The normalized spacial score (nSPS) is 21.4. The first kappa shape index (κ1) is 24.0. The lowest BCUT2D eigenvalue weighted by atomic mass is 9.59. The van der Waals surface area contributed by atoms with Crippen LogP contribution in [0.5, 0.6) is 0 Å². The average Bonchev–Trinajstić information content (AvgIpc) is 3.46. The topological polar surface area (TPSA) is 33.1 Å². The minimum atomic E-state index is -1.40. The van der Waals surface area contributed by atoms with E-state index in [0.717, 1.165) is 83.8 Å². The van der Waals surface area contributed by atoms with Gasteiger partial charge in [-0.15, -0.1) is 0 Å². The lowest BCUT2D eigenvalue weighted by Crippen LogP contribution is -2.38. The van der Waals surface area contributed by atoms with Crippen molar-refractivity contribution in [1.82, 2.24) is 4.98 Å². The van der Waals surface area contributed by atoms with Gasteiger partial charge in [0.25, 0.3) is 0 Å². The predicted octanol–water partition coefficient (Wildman–Crippen LogP) is 8.91. The zero-order chi connectivity index (χ0) is 25.9. The van der Waals surface area contributed by atoms with Gasteiger partial charge in [0.15, 0.2) is 6.17 Å². The smallest absolute Gasteiger partial charge is 0.153 e. The molecule has 1 aromatic heterocycles. The zero-order valence-corrected chi connectivity index (χ0v) is 21.6.